The van der Waals surface area contributed by atoms with E-state index in [1.54, 1.807) is 6.07 Å². The van der Waals surface area contributed by atoms with Gasteiger partial charge in [-0.05, 0) is 54.6 Å². The highest BCUT2D eigenvalue weighted by molar-refractivity contribution is 6.31. The van der Waals surface area contributed by atoms with Crippen LogP contribution in [0.25, 0.3) is 10.9 Å². The number of hydrogen-bond acceptors (Lipinski definition) is 4. The number of nitrogens with zero attached hydrogens (tertiary/aromatic N) is 1. The van der Waals surface area contributed by atoms with Gasteiger partial charge in [-0.3, -0.25) is 0 Å². The van der Waals surface area contributed by atoms with Gasteiger partial charge in [-0.1, -0.05) is 23.7 Å². The Morgan fingerprint density at radius 2 is 1.96 bits per heavy atom. The van der Waals surface area contributed by atoms with Crippen LogP contribution in [-0.4, -0.2) is 12.0 Å². The zero-order valence-electron chi connectivity index (χ0n) is 12.8. The Hall–Kier alpha value is -2.30. The summed E-state index contributed by atoms with van der Waals surface area (Å²) in [7, 11) is 1.89. The van der Waals surface area contributed by atoms with Crippen LogP contribution in [0.1, 0.15) is 11.1 Å². The second kappa shape index (κ2) is 6.86. The summed E-state index contributed by atoms with van der Waals surface area (Å²) in [5, 5.41) is 4.89. The van der Waals surface area contributed by atoms with Crippen molar-refractivity contribution in [1.29, 1.82) is 0 Å². The van der Waals surface area contributed by atoms with E-state index in [-0.39, 0.29) is 0 Å². The molecule has 2 aromatic carbocycles. The molecule has 0 saturated heterocycles. The molecule has 1 heterocycles. The van der Waals surface area contributed by atoms with Crippen LogP contribution in [0.3, 0.4) is 0 Å². The van der Waals surface area contributed by atoms with Gasteiger partial charge in [0.25, 0.3) is 0 Å². The lowest BCUT2D eigenvalue weighted by atomic mass is 10.1. The van der Waals surface area contributed by atoms with E-state index in [0.29, 0.717) is 19.0 Å². The van der Waals surface area contributed by atoms with Crippen molar-refractivity contribution in [2.24, 2.45) is 0 Å². The molecule has 0 aliphatic carbocycles. The Bertz CT molecular complexity index is 836. The number of nitrogens with one attached hydrogen (secondary N) is 1. The van der Waals surface area contributed by atoms with Gasteiger partial charge in [0.15, 0.2) is 0 Å². The number of anilines is 1. The van der Waals surface area contributed by atoms with E-state index < -0.39 is 0 Å². The first-order valence-corrected chi connectivity index (χ1v) is 7.74. The van der Waals surface area contributed by atoms with E-state index in [9.17, 15) is 0 Å². The summed E-state index contributed by atoms with van der Waals surface area (Å²) in [5.41, 5.74) is 8.67. The highest BCUT2D eigenvalue weighted by Gasteiger charge is 2.04. The molecule has 0 fully saturated rings. The van der Waals surface area contributed by atoms with Crippen LogP contribution in [-0.2, 0) is 13.2 Å². The van der Waals surface area contributed by atoms with Crippen molar-refractivity contribution in [1.82, 2.24) is 10.3 Å². The minimum atomic E-state index is 0.465. The second-order valence-corrected chi connectivity index (χ2v) is 5.74. The van der Waals surface area contributed by atoms with Crippen molar-refractivity contribution in [3.8, 4) is 5.75 Å². The molecule has 3 rings (SSSR count). The van der Waals surface area contributed by atoms with Gasteiger partial charge in [-0.15, -0.1) is 0 Å². The van der Waals surface area contributed by atoms with Gasteiger partial charge in [0.05, 0.1) is 5.52 Å². The maximum atomic E-state index is 6.16. The quantitative estimate of drug-likeness (QED) is 0.749. The first-order chi connectivity index (χ1) is 11.2. The molecular formula is C18H18ClN3O. The van der Waals surface area contributed by atoms with Crippen LogP contribution in [0.15, 0.2) is 48.5 Å². The molecule has 0 unspecified atom stereocenters. The SMILES string of the molecule is CNCc1cc(OCc2ccc3ccc(N)nc3c2)ccc1Cl. The summed E-state index contributed by atoms with van der Waals surface area (Å²) >= 11 is 6.16. The lowest BCUT2D eigenvalue weighted by Crippen LogP contribution is -2.06. The Kier molecular flexibility index (Phi) is 4.65. The average molecular weight is 328 g/mol. The molecule has 0 aliphatic heterocycles. The molecule has 3 N–H and O–H groups in total. The van der Waals surface area contributed by atoms with Crippen LogP contribution in [0, 0.1) is 0 Å². The first kappa shape index (κ1) is 15.6. The van der Waals surface area contributed by atoms with E-state index in [2.05, 4.69) is 10.3 Å². The molecule has 23 heavy (non-hydrogen) atoms. The fourth-order valence-corrected chi connectivity index (χ4v) is 2.59. The maximum Gasteiger partial charge on any atom is 0.124 e. The maximum absolute atomic E-state index is 6.16. The van der Waals surface area contributed by atoms with Crippen LogP contribution < -0.4 is 15.8 Å². The van der Waals surface area contributed by atoms with E-state index in [1.807, 2.05) is 49.5 Å². The normalized spacial score (nSPS) is 10.9. The van der Waals surface area contributed by atoms with E-state index in [4.69, 9.17) is 22.1 Å². The second-order valence-electron chi connectivity index (χ2n) is 5.34. The monoisotopic (exact) mass is 327 g/mol. The number of aromatic nitrogens is 1. The van der Waals surface area contributed by atoms with Gasteiger partial charge in [-0.25, -0.2) is 4.98 Å². The predicted molar refractivity (Wildman–Crippen MR) is 94.7 cm³/mol. The number of pyridine rings is 1. The number of hydrogen-bond donors (Lipinski definition) is 2. The number of fused-ring (bicyclic) bond motifs is 1. The van der Waals surface area contributed by atoms with Crippen LogP contribution in [0.5, 0.6) is 5.75 Å². The molecule has 3 aromatic rings. The number of ether oxygens (including phenoxy) is 1. The molecule has 0 bridgehead atoms. The molecule has 118 valence electrons. The van der Waals surface area contributed by atoms with Gasteiger partial charge >= 0.3 is 0 Å². The number of rotatable bonds is 5. The third-order valence-electron chi connectivity index (χ3n) is 3.57. The molecule has 0 atom stereocenters. The number of halogens is 1. The summed E-state index contributed by atoms with van der Waals surface area (Å²) < 4.78 is 5.87. The molecule has 0 radical (unpaired) electrons. The third kappa shape index (κ3) is 3.73. The largest absolute Gasteiger partial charge is 0.489 e. The van der Waals surface area contributed by atoms with Gasteiger partial charge in [0.1, 0.15) is 18.2 Å². The van der Waals surface area contributed by atoms with Crippen molar-refractivity contribution in [3.63, 3.8) is 0 Å². The van der Waals surface area contributed by atoms with Crippen molar-refractivity contribution >= 4 is 28.3 Å². The first-order valence-electron chi connectivity index (χ1n) is 7.37. The van der Waals surface area contributed by atoms with E-state index >= 15 is 0 Å². The smallest absolute Gasteiger partial charge is 0.124 e. The fraction of sp³-hybridized carbons (Fsp3) is 0.167. The highest BCUT2D eigenvalue weighted by Crippen LogP contribution is 2.23. The third-order valence-corrected chi connectivity index (χ3v) is 3.94. The molecule has 0 saturated carbocycles. The van der Waals surface area contributed by atoms with Gasteiger partial charge in [-0.2, -0.15) is 0 Å². The molecule has 1 aromatic heterocycles. The topological polar surface area (TPSA) is 60.2 Å². The van der Waals surface area contributed by atoms with Crippen molar-refractivity contribution < 1.29 is 4.74 Å². The minimum absolute atomic E-state index is 0.465. The lowest BCUT2D eigenvalue weighted by Gasteiger charge is -2.10. The fourth-order valence-electron chi connectivity index (χ4n) is 2.40. The molecule has 0 amide bonds. The summed E-state index contributed by atoms with van der Waals surface area (Å²) in [6, 6.07) is 15.5. The molecule has 4 nitrogen and oxygen atoms in total. The highest BCUT2D eigenvalue weighted by atomic mass is 35.5. The van der Waals surface area contributed by atoms with E-state index in [0.717, 1.165) is 32.8 Å². The minimum Gasteiger partial charge on any atom is -0.489 e. The van der Waals surface area contributed by atoms with Crippen LogP contribution in [0.2, 0.25) is 5.02 Å². The average Bonchev–Trinajstić information content (AvgIpc) is 2.55. The Labute approximate surface area is 140 Å². The van der Waals surface area contributed by atoms with E-state index in [1.165, 1.54) is 0 Å². The van der Waals surface area contributed by atoms with Crippen molar-refractivity contribution in [3.05, 3.63) is 64.7 Å². The molecular weight excluding hydrogens is 310 g/mol. The Morgan fingerprint density at radius 1 is 1.13 bits per heavy atom. The van der Waals surface area contributed by atoms with Gasteiger partial charge in [0, 0.05) is 17.0 Å². The lowest BCUT2D eigenvalue weighted by molar-refractivity contribution is 0.306. The van der Waals surface area contributed by atoms with Gasteiger partial charge in [0.2, 0.25) is 0 Å². The molecule has 0 spiro atoms. The van der Waals surface area contributed by atoms with Crippen molar-refractivity contribution in [2.75, 3.05) is 12.8 Å². The standard InChI is InChI=1S/C18H18ClN3O/c1-21-10-14-9-15(5-6-16(14)19)23-11-12-2-3-13-4-7-18(20)22-17(13)8-12/h2-9,21H,10-11H2,1H3,(H2,20,22). The predicted octanol–water partition coefficient (Wildman–Crippen LogP) is 3.77. The van der Waals surface area contributed by atoms with Crippen LogP contribution >= 0.6 is 11.6 Å². The zero-order valence-corrected chi connectivity index (χ0v) is 13.6. The summed E-state index contributed by atoms with van der Waals surface area (Å²) in [6.07, 6.45) is 0. The summed E-state index contributed by atoms with van der Waals surface area (Å²) in [6.45, 7) is 1.17. The molecule has 0 aliphatic rings. The van der Waals surface area contributed by atoms with Crippen LogP contribution in [0.4, 0.5) is 5.82 Å². The summed E-state index contributed by atoms with van der Waals surface area (Å²) in [5.74, 6) is 1.31. The van der Waals surface area contributed by atoms with Crippen molar-refractivity contribution in [2.45, 2.75) is 13.2 Å². The van der Waals surface area contributed by atoms with Gasteiger partial charge < -0.3 is 15.8 Å². The Morgan fingerprint density at radius 3 is 2.78 bits per heavy atom. The summed E-state index contributed by atoms with van der Waals surface area (Å²) in [4.78, 5) is 4.34. The Balaban J connectivity index is 1.76. The zero-order chi connectivity index (χ0) is 16.2. The number of nitrogens with two attached hydrogens (primary N) is 1. The number of nitrogen functional groups attached to an aromatic ring is 1. The molecule has 5 heteroatoms. The number of benzene rings is 2.